The van der Waals surface area contributed by atoms with Crippen LogP contribution in [0.15, 0.2) is 17.0 Å². The number of hydrogen-bond acceptors (Lipinski definition) is 4. The molecule has 0 saturated carbocycles. The van der Waals surface area contributed by atoms with Crippen molar-refractivity contribution in [3.63, 3.8) is 0 Å². The topological polar surface area (TPSA) is 84.0 Å². The van der Waals surface area contributed by atoms with Crippen molar-refractivity contribution in [1.82, 2.24) is 14.5 Å². The number of carbonyl (C=O) groups is 1. The van der Waals surface area contributed by atoms with Crippen LogP contribution >= 0.6 is 12.2 Å². The Morgan fingerprint density at radius 3 is 3.00 bits per heavy atom. The molecule has 0 aliphatic carbocycles. The molecule has 6 nitrogen and oxygen atoms in total. The molecule has 0 radical (unpaired) electrons. The van der Waals surface area contributed by atoms with Gasteiger partial charge in [-0.25, -0.2) is 14.3 Å². The Morgan fingerprint density at radius 2 is 2.47 bits per heavy atom. The summed E-state index contributed by atoms with van der Waals surface area (Å²) in [7, 11) is 0. The molecule has 0 fully saturated rings. The van der Waals surface area contributed by atoms with Crippen LogP contribution in [0, 0.1) is 11.7 Å². The van der Waals surface area contributed by atoms with Crippen LogP contribution in [0.2, 0.25) is 0 Å². The predicted molar refractivity (Wildman–Crippen MR) is 52.7 cm³/mol. The first kappa shape index (κ1) is 9.66. The highest BCUT2D eigenvalue weighted by molar-refractivity contribution is 7.71. The van der Waals surface area contributed by atoms with Crippen LogP contribution < -0.4 is 0 Å². The number of H-pyrrole nitrogens is 1. The largest absolute Gasteiger partial charge is 0.477 e. The SMILES string of the molecule is Cc1[nH]c(=S)n(-c2cnco2)c1C(=O)O. The van der Waals surface area contributed by atoms with Gasteiger partial charge in [-0.05, 0) is 19.1 Å². The van der Waals surface area contributed by atoms with Crippen LogP contribution in [0.25, 0.3) is 5.88 Å². The minimum atomic E-state index is -1.07. The van der Waals surface area contributed by atoms with Gasteiger partial charge < -0.3 is 14.5 Å². The highest BCUT2D eigenvalue weighted by Gasteiger charge is 2.18. The van der Waals surface area contributed by atoms with Crippen molar-refractivity contribution in [2.75, 3.05) is 0 Å². The lowest BCUT2D eigenvalue weighted by molar-refractivity contribution is 0.0686. The molecule has 0 aliphatic heterocycles. The Bertz CT molecular complexity index is 552. The van der Waals surface area contributed by atoms with E-state index in [0.717, 1.165) is 0 Å². The van der Waals surface area contributed by atoms with Crippen LogP contribution in [0.4, 0.5) is 0 Å². The van der Waals surface area contributed by atoms with E-state index in [9.17, 15) is 4.79 Å². The smallest absolute Gasteiger partial charge is 0.354 e. The molecule has 2 aromatic rings. The van der Waals surface area contributed by atoms with Crippen molar-refractivity contribution in [3.05, 3.63) is 28.7 Å². The summed E-state index contributed by atoms with van der Waals surface area (Å²) >= 11 is 4.98. The average Bonchev–Trinajstić information content (AvgIpc) is 2.71. The van der Waals surface area contributed by atoms with E-state index in [0.29, 0.717) is 5.69 Å². The van der Waals surface area contributed by atoms with E-state index in [-0.39, 0.29) is 16.3 Å². The molecule has 0 spiro atoms. The van der Waals surface area contributed by atoms with Gasteiger partial charge >= 0.3 is 5.97 Å². The highest BCUT2D eigenvalue weighted by Crippen LogP contribution is 2.15. The normalized spacial score (nSPS) is 10.5. The number of rotatable bonds is 2. The number of aromatic carboxylic acids is 1. The van der Waals surface area contributed by atoms with Crippen LogP contribution in [-0.4, -0.2) is 25.6 Å². The summed E-state index contributed by atoms with van der Waals surface area (Å²) in [5.74, 6) is -0.794. The molecule has 15 heavy (non-hydrogen) atoms. The van der Waals surface area contributed by atoms with E-state index in [1.165, 1.54) is 17.2 Å². The molecular weight excluding hydrogens is 218 g/mol. The Hall–Kier alpha value is -1.89. The Balaban J connectivity index is 2.76. The van der Waals surface area contributed by atoms with Crippen LogP contribution in [0.3, 0.4) is 0 Å². The second kappa shape index (κ2) is 3.35. The maximum atomic E-state index is 11.0. The Labute approximate surface area is 89.2 Å². The fraction of sp³-hybridized carbons (Fsp3) is 0.125. The summed E-state index contributed by atoms with van der Waals surface area (Å²) in [6.45, 7) is 1.63. The maximum Gasteiger partial charge on any atom is 0.354 e. The van der Waals surface area contributed by atoms with Crippen molar-refractivity contribution < 1.29 is 14.3 Å². The van der Waals surface area contributed by atoms with E-state index >= 15 is 0 Å². The van der Waals surface area contributed by atoms with Gasteiger partial charge in [-0.1, -0.05) is 0 Å². The molecule has 0 saturated heterocycles. The molecule has 0 aromatic carbocycles. The first-order valence-electron chi connectivity index (χ1n) is 4.05. The molecule has 0 amide bonds. The van der Waals surface area contributed by atoms with Gasteiger partial charge in [0.25, 0.3) is 0 Å². The van der Waals surface area contributed by atoms with Gasteiger partial charge in [0.05, 0.1) is 6.20 Å². The predicted octanol–water partition coefficient (Wildman–Crippen LogP) is 1.53. The van der Waals surface area contributed by atoms with Crippen molar-refractivity contribution in [2.45, 2.75) is 6.92 Å². The van der Waals surface area contributed by atoms with E-state index < -0.39 is 5.97 Å². The van der Waals surface area contributed by atoms with Crippen molar-refractivity contribution in [3.8, 4) is 5.88 Å². The third-order valence-electron chi connectivity index (χ3n) is 1.92. The zero-order valence-corrected chi connectivity index (χ0v) is 8.54. The van der Waals surface area contributed by atoms with E-state index in [4.69, 9.17) is 21.7 Å². The van der Waals surface area contributed by atoms with Gasteiger partial charge in [0.15, 0.2) is 16.9 Å². The van der Waals surface area contributed by atoms with Crippen molar-refractivity contribution in [2.24, 2.45) is 0 Å². The number of aromatic nitrogens is 3. The summed E-state index contributed by atoms with van der Waals surface area (Å²) in [5, 5.41) is 9.01. The van der Waals surface area contributed by atoms with Crippen molar-refractivity contribution >= 4 is 18.2 Å². The lowest BCUT2D eigenvalue weighted by Crippen LogP contribution is -2.07. The zero-order chi connectivity index (χ0) is 11.0. The number of nitrogens with one attached hydrogen (secondary N) is 1. The number of nitrogens with zero attached hydrogens (tertiary/aromatic N) is 2. The lowest BCUT2D eigenvalue weighted by atomic mass is 10.3. The van der Waals surface area contributed by atoms with Gasteiger partial charge in [0, 0.05) is 5.69 Å². The summed E-state index contributed by atoms with van der Waals surface area (Å²) in [4.78, 5) is 17.5. The summed E-state index contributed by atoms with van der Waals surface area (Å²) in [5.41, 5.74) is 0.528. The van der Waals surface area contributed by atoms with Gasteiger partial charge in [-0.3, -0.25) is 0 Å². The van der Waals surface area contributed by atoms with E-state index in [1.54, 1.807) is 6.92 Å². The van der Waals surface area contributed by atoms with Crippen LogP contribution in [0.5, 0.6) is 0 Å². The van der Waals surface area contributed by atoms with Gasteiger partial charge in [0.1, 0.15) is 0 Å². The second-order valence-corrected chi connectivity index (χ2v) is 3.27. The number of imidazole rings is 1. The van der Waals surface area contributed by atoms with Crippen molar-refractivity contribution in [1.29, 1.82) is 0 Å². The average molecular weight is 225 g/mol. The number of carboxylic acid groups (broad SMARTS) is 1. The Kier molecular flexibility index (Phi) is 2.16. The first-order valence-corrected chi connectivity index (χ1v) is 4.46. The summed E-state index contributed by atoms with van der Waals surface area (Å²) < 4.78 is 6.56. The summed E-state index contributed by atoms with van der Waals surface area (Å²) in [6.07, 6.45) is 2.61. The Morgan fingerprint density at radius 1 is 1.73 bits per heavy atom. The third kappa shape index (κ3) is 1.46. The first-order chi connectivity index (χ1) is 7.11. The number of hydrogen-bond donors (Lipinski definition) is 2. The number of carboxylic acids is 1. The molecule has 0 unspecified atom stereocenters. The van der Waals surface area contributed by atoms with Gasteiger partial charge in [-0.2, -0.15) is 0 Å². The van der Waals surface area contributed by atoms with Crippen LogP contribution in [0.1, 0.15) is 16.2 Å². The lowest BCUT2D eigenvalue weighted by Gasteiger charge is -1.99. The molecule has 2 N–H and O–H groups in total. The standard InChI is InChI=1S/C8H7N3O3S/c1-4-6(7(12)13)11(8(15)10-4)5-2-9-3-14-5/h2-3H,1H3,(H,10,15)(H,12,13). The molecule has 2 heterocycles. The van der Waals surface area contributed by atoms with E-state index in [1.807, 2.05) is 0 Å². The van der Waals surface area contributed by atoms with Crippen LogP contribution in [-0.2, 0) is 0 Å². The molecular formula is C8H7N3O3S. The van der Waals surface area contributed by atoms with Gasteiger partial charge in [-0.15, -0.1) is 0 Å². The third-order valence-corrected chi connectivity index (χ3v) is 2.20. The molecule has 0 atom stereocenters. The second-order valence-electron chi connectivity index (χ2n) is 2.88. The number of oxazole rings is 1. The highest BCUT2D eigenvalue weighted by atomic mass is 32.1. The molecule has 2 aromatic heterocycles. The monoisotopic (exact) mass is 225 g/mol. The number of aromatic amines is 1. The quantitative estimate of drug-likeness (QED) is 0.757. The molecule has 0 aliphatic rings. The fourth-order valence-corrected chi connectivity index (χ4v) is 1.66. The van der Waals surface area contributed by atoms with Gasteiger partial charge in [0.2, 0.25) is 5.88 Å². The van der Waals surface area contributed by atoms with E-state index in [2.05, 4.69) is 9.97 Å². The minimum Gasteiger partial charge on any atom is -0.477 e. The molecule has 7 heteroatoms. The maximum absolute atomic E-state index is 11.0. The summed E-state index contributed by atoms with van der Waals surface area (Å²) in [6, 6.07) is 0. The zero-order valence-electron chi connectivity index (χ0n) is 7.72. The molecule has 78 valence electrons. The number of aryl methyl sites for hydroxylation is 1. The molecule has 2 rings (SSSR count). The fourth-order valence-electron chi connectivity index (χ4n) is 1.33. The molecule has 0 bridgehead atoms. The minimum absolute atomic E-state index is 0.0525.